The highest BCUT2D eigenvalue weighted by molar-refractivity contribution is 6.31. The van der Waals surface area contributed by atoms with E-state index in [1.165, 1.54) is 12.1 Å². The zero-order valence-corrected chi connectivity index (χ0v) is 11.1. The minimum Gasteiger partial charge on any atom is -0.383 e. The van der Waals surface area contributed by atoms with Crippen LogP contribution in [0.4, 0.5) is 4.39 Å². The Labute approximate surface area is 107 Å². The van der Waals surface area contributed by atoms with Gasteiger partial charge in [0.25, 0.3) is 0 Å². The van der Waals surface area contributed by atoms with Crippen molar-refractivity contribution in [3.05, 3.63) is 34.6 Å². The molecule has 1 atom stereocenters. The third-order valence-corrected chi connectivity index (χ3v) is 2.96. The van der Waals surface area contributed by atoms with E-state index < -0.39 is 0 Å². The minimum absolute atomic E-state index is 0.259. The number of rotatable bonds is 7. The molecule has 0 saturated carbocycles. The topological polar surface area (TPSA) is 21.3 Å². The molecule has 0 spiro atoms. The predicted octanol–water partition coefficient (Wildman–Crippen LogP) is 3.38. The molecule has 0 heterocycles. The summed E-state index contributed by atoms with van der Waals surface area (Å²) in [6.45, 7) is 3.34. The molecule has 17 heavy (non-hydrogen) atoms. The van der Waals surface area contributed by atoms with Gasteiger partial charge in [-0.25, -0.2) is 4.39 Å². The highest BCUT2D eigenvalue weighted by Crippen LogP contribution is 2.17. The Hall–Kier alpha value is -0.640. The minimum atomic E-state index is -0.259. The van der Waals surface area contributed by atoms with Gasteiger partial charge in [-0.15, -0.1) is 0 Å². The summed E-state index contributed by atoms with van der Waals surface area (Å²) in [7, 11) is 1.68. The fourth-order valence-electron chi connectivity index (χ4n) is 1.73. The van der Waals surface area contributed by atoms with E-state index in [0.717, 1.165) is 18.4 Å². The van der Waals surface area contributed by atoms with Gasteiger partial charge in [0.1, 0.15) is 5.82 Å². The highest BCUT2D eigenvalue weighted by Gasteiger charge is 2.08. The molecule has 0 fully saturated rings. The van der Waals surface area contributed by atoms with Crippen LogP contribution in [0.3, 0.4) is 0 Å². The lowest BCUT2D eigenvalue weighted by Gasteiger charge is -2.17. The standard InChI is InChI=1S/C13H19ClFNO/c1-3-4-12(9-17-2)16-8-10-7-11(15)5-6-13(10)14/h5-7,12,16H,3-4,8-9H2,1-2H3. The number of halogens is 2. The van der Waals surface area contributed by atoms with E-state index in [0.29, 0.717) is 18.2 Å². The lowest BCUT2D eigenvalue weighted by atomic mass is 10.1. The molecular formula is C13H19ClFNO. The third kappa shape index (κ3) is 5.02. The van der Waals surface area contributed by atoms with Crippen molar-refractivity contribution in [2.75, 3.05) is 13.7 Å². The zero-order chi connectivity index (χ0) is 12.7. The number of hydrogen-bond acceptors (Lipinski definition) is 2. The van der Waals surface area contributed by atoms with E-state index in [1.807, 2.05) is 0 Å². The van der Waals surface area contributed by atoms with E-state index in [-0.39, 0.29) is 11.9 Å². The molecule has 1 N–H and O–H groups in total. The van der Waals surface area contributed by atoms with Crippen molar-refractivity contribution in [1.29, 1.82) is 0 Å². The lowest BCUT2D eigenvalue weighted by Crippen LogP contribution is -2.32. The first kappa shape index (κ1) is 14.4. The Bertz CT molecular complexity index is 340. The summed E-state index contributed by atoms with van der Waals surface area (Å²) in [6.07, 6.45) is 2.11. The Kier molecular flexibility index (Phi) is 6.48. The molecule has 96 valence electrons. The Morgan fingerprint density at radius 3 is 2.88 bits per heavy atom. The van der Waals surface area contributed by atoms with Crippen LogP contribution in [-0.4, -0.2) is 19.8 Å². The van der Waals surface area contributed by atoms with Gasteiger partial charge in [-0.1, -0.05) is 24.9 Å². The van der Waals surface area contributed by atoms with Gasteiger partial charge in [0.15, 0.2) is 0 Å². The normalized spacial score (nSPS) is 12.7. The van der Waals surface area contributed by atoms with Crippen molar-refractivity contribution in [2.24, 2.45) is 0 Å². The molecule has 0 aliphatic heterocycles. The van der Waals surface area contributed by atoms with Gasteiger partial charge >= 0.3 is 0 Å². The molecule has 4 heteroatoms. The molecule has 1 aromatic carbocycles. The van der Waals surface area contributed by atoms with Gasteiger partial charge in [-0.3, -0.25) is 0 Å². The Morgan fingerprint density at radius 1 is 1.47 bits per heavy atom. The van der Waals surface area contributed by atoms with Crippen LogP contribution in [0.5, 0.6) is 0 Å². The summed E-state index contributed by atoms with van der Waals surface area (Å²) in [5, 5.41) is 3.92. The Balaban J connectivity index is 2.55. The van der Waals surface area contributed by atoms with Gasteiger partial charge in [-0.05, 0) is 30.2 Å². The third-order valence-electron chi connectivity index (χ3n) is 2.59. The summed E-state index contributed by atoms with van der Waals surface area (Å²) in [5.74, 6) is -0.259. The maximum absolute atomic E-state index is 13.1. The maximum Gasteiger partial charge on any atom is 0.123 e. The first-order valence-electron chi connectivity index (χ1n) is 5.83. The summed E-state index contributed by atoms with van der Waals surface area (Å²) < 4.78 is 18.2. The van der Waals surface area contributed by atoms with Crippen LogP contribution in [-0.2, 0) is 11.3 Å². The fourth-order valence-corrected chi connectivity index (χ4v) is 1.91. The van der Waals surface area contributed by atoms with E-state index in [2.05, 4.69) is 12.2 Å². The molecule has 0 aliphatic rings. The summed E-state index contributed by atoms with van der Waals surface area (Å²) >= 11 is 6.00. The molecule has 0 amide bonds. The summed E-state index contributed by atoms with van der Waals surface area (Å²) in [6, 6.07) is 4.69. The average Bonchev–Trinajstić information content (AvgIpc) is 2.30. The van der Waals surface area contributed by atoms with Crippen LogP contribution in [0.25, 0.3) is 0 Å². The molecule has 0 saturated heterocycles. The van der Waals surface area contributed by atoms with Gasteiger partial charge in [0, 0.05) is 24.7 Å². The molecule has 2 nitrogen and oxygen atoms in total. The summed E-state index contributed by atoms with van der Waals surface area (Å²) in [5.41, 5.74) is 0.781. The second-order valence-electron chi connectivity index (χ2n) is 4.06. The SMILES string of the molecule is CCCC(COC)NCc1cc(F)ccc1Cl. The smallest absolute Gasteiger partial charge is 0.123 e. The second-order valence-corrected chi connectivity index (χ2v) is 4.46. The van der Waals surface area contributed by atoms with Crippen LogP contribution >= 0.6 is 11.6 Å². The van der Waals surface area contributed by atoms with Crippen molar-refractivity contribution in [1.82, 2.24) is 5.32 Å². The maximum atomic E-state index is 13.1. The van der Waals surface area contributed by atoms with Crippen molar-refractivity contribution < 1.29 is 9.13 Å². The first-order chi connectivity index (χ1) is 8.17. The summed E-state index contributed by atoms with van der Waals surface area (Å²) in [4.78, 5) is 0. The van der Waals surface area contributed by atoms with E-state index in [1.54, 1.807) is 13.2 Å². The monoisotopic (exact) mass is 259 g/mol. The number of hydrogen-bond donors (Lipinski definition) is 1. The van der Waals surface area contributed by atoms with E-state index in [9.17, 15) is 4.39 Å². The van der Waals surface area contributed by atoms with Gasteiger partial charge < -0.3 is 10.1 Å². The fraction of sp³-hybridized carbons (Fsp3) is 0.538. The quantitative estimate of drug-likeness (QED) is 0.811. The first-order valence-corrected chi connectivity index (χ1v) is 6.21. The number of methoxy groups -OCH3 is 1. The largest absolute Gasteiger partial charge is 0.383 e. The van der Waals surface area contributed by atoms with Crippen LogP contribution in [0.15, 0.2) is 18.2 Å². The van der Waals surface area contributed by atoms with Crippen LogP contribution in [0.1, 0.15) is 25.3 Å². The molecule has 0 aromatic heterocycles. The molecule has 1 rings (SSSR count). The van der Waals surface area contributed by atoms with Crippen LogP contribution in [0.2, 0.25) is 5.02 Å². The molecule has 0 bridgehead atoms. The van der Waals surface area contributed by atoms with Crippen molar-refractivity contribution in [3.63, 3.8) is 0 Å². The predicted molar refractivity (Wildman–Crippen MR) is 68.8 cm³/mol. The molecular weight excluding hydrogens is 241 g/mol. The van der Waals surface area contributed by atoms with E-state index in [4.69, 9.17) is 16.3 Å². The van der Waals surface area contributed by atoms with Gasteiger partial charge in [-0.2, -0.15) is 0 Å². The second kappa shape index (κ2) is 7.64. The van der Waals surface area contributed by atoms with E-state index >= 15 is 0 Å². The molecule has 0 aliphatic carbocycles. The average molecular weight is 260 g/mol. The van der Waals surface area contributed by atoms with Crippen LogP contribution in [0, 0.1) is 5.82 Å². The van der Waals surface area contributed by atoms with Gasteiger partial charge in [0.05, 0.1) is 6.61 Å². The number of nitrogens with one attached hydrogen (secondary N) is 1. The Morgan fingerprint density at radius 2 is 2.24 bits per heavy atom. The highest BCUT2D eigenvalue weighted by atomic mass is 35.5. The van der Waals surface area contributed by atoms with Crippen molar-refractivity contribution in [3.8, 4) is 0 Å². The van der Waals surface area contributed by atoms with Gasteiger partial charge in [0.2, 0.25) is 0 Å². The van der Waals surface area contributed by atoms with Crippen LogP contribution < -0.4 is 5.32 Å². The number of ether oxygens (including phenoxy) is 1. The molecule has 1 aromatic rings. The molecule has 1 unspecified atom stereocenters. The molecule has 0 radical (unpaired) electrons. The zero-order valence-electron chi connectivity index (χ0n) is 10.3. The lowest BCUT2D eigenvalue weighted by molar-refractivity contribution is 0.161. The van der Waals surface area contributed by atoms with Crippen molar-refractivity contribution >= 4 is 11.6 Å². The number of benzene rings is 1. The van der Waals surface area contributed by atoms with Crippen molar-refractivity contribution in [2.45, 2.75) is 32.4 Å².